The van der Waals surface area contributed by atoms with Crippen molar-refractivity contribution >= 4 is 11.0 Å². The molecule has 0 saturated heterocycles. The fraction of sp³-hybridized carbons (Fsp3) is 0.214. The van der Waals surface area contributed by atoms with Crippen molar-refractivity contribution in [2.45, 2.75) is 18.9 Å². The van der Waals surface area contributed by atoms with Crippen molar-refractivity contribution in [3.05, 3.63) is 53.9 Å². The molecule has 1 aromatic carbocycles. The van der Waals surface area contributed by atoms with Crippen molar-refractivity contribution in [1.29, 1.82) is 0 Å². The topological polar surface area (TPSA) is 48.9 Å². The number of hydrogen-bond donors (Lipinski definition) is 2. The van der Waals surface area contributed by atoms with Gasteiger partial charge >= 0.3 is 0 Å². The normalized spacial score (nSPS) is 24.0. The van der Waals surface area contributed by atoms with Crippen LogP contribution in [0.2, 0.25) is 0 Å². The Labute approximate surface area is 99.5 Å². The van der Waals surface area contributed by atoms with Crippen LogP contribution in [0.1, 0.15) is 19.2 Å². The fourth-order valence-electron chi connectivity index (χ4n) is 2.18. The Kier molecular flexibility index (Phi) is 2.16. The molecule has 3 heteroatoms. The molecule has 0 radical (unpaired) electrons. The second-order valence-corrected chi connectivity index (χ2v) is 4.44. The van der Waals surface area contributed by atoms with E-state index in [2.05, 4.69) is 9.97 Å². The van der Waals surface area contributed by atoms with Crippen LogP contribution < -0.4 is 0 Å². The minimum absolute atomic E-state index is 0.565. The average molecular weight is 226 g/mol. The molecule has 0 amide bonds. The zero-order valence-corrected chi connectivity index (χ0v) is 9.64. The molecule has 0 fully saturated rings. The monoisotopic (exact) mass is 226 g/mol. The molecule has 17 heavy (non-hydrogen) atoms. The molecule has 1 atom stereocenters. The van der Waals surface area contributed by atoms with Gasteiger partial charge in [-0.15, -0.1) is 0 Å². The smallest absolute Gasteiger partial charge is 0.146 e. The predicted octanol–water partition coefficient (Wildman–Crippen LogP) is 2.66. The molecular formula is C14H14N2O. The number of nitrogens with zero attached hydrogens (tertiary/aromatic N) is 1. The number of fused-ring (bicyclic) bond motifs is 1. The van der Waals surface area contributed by atoms with Crippen molar-refractivity contribution < 1.29 is 5.11 Å². The number of allylic oxidation sites excluding steroid dienone is 2. The number of aromatic nitrogens is 2. The summed E-state index contributed by atoms with van der Waals surface area (Å²) in [7, 11) is 0. The molecular weight excluding hydrogens is 212 g/mol. The van der Waals surface area contributed by atoms with Crippen LogP contribution in [0.25, 0.3) is 11.0 Å². The molecule has 1 unspecified atom stereocenters. The van der Waals surface area contributed by atoms with E-state index >= 15 is 0 Å². The number of H-pyrrole nitrogens is 1. The van der Waals surface area contributed by atoms with Crippen LogP contribution in [-0.2, 0) is 5.60 Å². The van der Waals surface area contributed by atoms with E-state index in [1.807, 2.05) is 49.4 Å². The Hall–Kier alpha value is -1.87. The van der Waals surface area contributed by atoms with E-state index in [0.717, 1.165) is 16.6 Å². The van der Waals surface area contributed by atoms with Crippen molar-refractivity contribution in [3.8, 4) is 0 Å². The quantitative estimate of drug-likeness (QED) is 0.785. The second-order valence-electron chi connectivity index (χ2n) is 4.44. The molecule has 1 aliphatic rings. The third-order valence-corrected chi connectivity index (χ3v) is 3.33. The maximum absolute atomic E-state index is 10.7. The lowest BCUT2D eigenvalue weighted by atomic mass is 9.87. The van der Waals surface area contributed by atoms with Crippen molar-refractivity contribution in [2.75, 3.05) is 0 Å². The van der Waals surface area contributed by atoms with Gasteiger partial charge in [0.05, 0.1) is 11.0 Å². The summed E-state index contributed by atoms with van der Waals surface area (Å²) in [5.74, 6) is 0.622. The largest absolute Gasteiger partial charge is 0.377 e. The van der Waals surface area contributed by atoms with Crippen molar-refractivity contribution in [2.24, 2.45) is 0 Å². The Bertz CT molecular complexity index is 591. The van der Waals surface area contributed by atoms with Gasteiger partial charge < -0.3 is 10.1 Å². The molecule has 3 rings (SSSR count). The number of aliphatic hydroxyl groups is 1. The summed E-state index contributed by atoms with van der Waals surface area (Å²) >= 11 is 0. The highest BCUT2D eigenvalue weighted by Gasteiger charge is 2.34. The molecule has 0 aliphatic heterocycles. The number of nitrogens with one attached hydrogen (secondary N) is 1. The molecule has 1 aliphatic carbocycles. The zero-order chi connectivity index (χ0) is 11.9. The maximum atomic E-state index is 10.7. The van der Waals surface area contributed by atoms with E-state index in [1.165, 1.54) is 0 Å². The lowest BCUT2D eigenvalue weighted by molar-refractivity contribution is 0.0697. The third-order valence-electron chi connectivity index (χ3n) is 3.33. The van der Waals surface area contributed by atoms with Crippen LogP contribution in [0, 0.1) is 0 Å². The van der Waals surface area contributed by atoms with Crippen LogP contribution >= 0.6 is 0 Å². The van der Waals surface area contributed by atoms with Gasteiger partial charge in [-0.3, -0.25) is 0 Å². The van der Waals surface area contributed by atoms with Crippen LogP contribution in [0.5, 0.6) is 0 Å². The number of rotatable bonds is 1. The summed E-state index contributed by atoms with van der Waals surface area (Å²) in [5.41, 5.74) is 1.77. The molecule has 2 N–H and O–H groups in total. The maximum Gasteiger partial charge on any atom is 0.146 e. The van der Waals surface area contributed by atoms with Gasteiger partial charge in [0.15, 0.2) is 0 Å². The van der Waals surface area contributed by atoms with Crippen LogP contribution in [0.15, 0.2) is 48.1 Å². The summed E-state index contributed by atoms with van der Waals surface area (Å²) in [6.07, 6.45) is 6.42. The minimum Gasteiger partial charge on any atom is -0.377 e. The van der Waals surface area contributed by atoms with Crippen molar-refractivity contribution in [3.63, 3.8) is 0 Å². The highest BCUT2D eigenvalue weighted by Crippen LogP contribution is 2.34. The first-order valence-electron chi connectivity index (χ1n) is 5.72. The first-order chi connectivity index (χ1) is 8.20. The van der Waals surface area contributed by atoms with Gasteiger partial charge in [-0.2, -0.15) is 0 Å². The number of para-hydroxylation sites is 2. The number of benzene rings is 1. The van der Waals surface area contributed by atoms with Crippen molar-refractivity contribution in [1.82, 2.24) is 9.97 Å². The SMILES string of the molecule is CC1=CC=CCC1(O)c1nc2ccccc2[nH]1. The summed E-state index contributed by atoms with van der Waals surface area (Å²) < 4.78 is 0. The van der Waals surface area contributed by atoms with Gasteiger partial charge in [0, 0.05) is 6.42 Å². The predicted molar refractivity (Wildman–Crippen MR) is 67.5 cm³/mol. The minimum atomic E-state index is -0.992. The van der Waals surface area contributed by atoms with E-state index in [1.54, 1.807) is 0 Å². The van der Waals surface area contributed by atoms with Gasteiger partial charge in [-0.05, 0) is 24.6 Å². The lowest BCUT2D eigenvalue weighted by Crippen LogP contribution is -2.29. The molecule has 1 heterocycles. The molecule has 86 valence electrons. The van der Waals surface area contributed by atoms with Gasteiger partial charge in [0.1, 0.15) is 11.4 Å². The standard InChI is InChI=1S/C14H14N2O/c1-10-6-4-5-9-14(10,17)13-15-11-7-2-3-8-12(11)16-13/h2-8,17H,9H2,1H3,(H,15,16). The number of aromatic amines is 1. The van der Waals surface area contributed by atoms with Gasteiger partial charge in [-0.25, -0.2) is 4.98 Å². The summed E-state index contributed by atoms with van der Waals surface area (Å²) in [4.78, 5) is 7.68. The van der Waals surface area contributed by atoms with E-state index in [0.29, 0.717) is 12.2 Å². The second kappa shape index (κ2) is 3.57. The fourth-order valence-corrected chi connectivity index (χ4v) is 2.18. The van der Waals surface area contributed by atoms with Gasteiger partial charge in [0.2, 0.25) is 0 Å². The van der Waals surface area contributed by atoms with E-state index < -0.39 is 5.60 Å². The molecule has 0 bridgehead atoms. The average Bonchev–Trinajstić information content (AvgIpc) is 2.77. The summed E-state index contributed by atoms with van der Waals surface area (Å²) in [6.45, 7) is 1.93. The van der Waals surface area contributed by atoms with Gasteiger partial charge in [-0.1, -0.05) is 30.4 Å². The molecule has 3 nitrogen and oxygen atoms in total. The van der Waals surface area contributed by atoms with E-state index in [9.17, 15) is 5.11 Å². The first-order valence-corrected chi connectivity index (χ1v) is 5.72. The zero-order valence-electron chi connectivity index (χ0n) is 9.64. The molecule has 0 spiro atoms. The highest BCUT2D eigenvalue weighted by atomic mass is 16.3. The molecule has 1 aromatic heterocycles. The van der Waals surface area contributed by atoms with E-state index in [-0.39, 0.29) is 0 Å². The Morgan fingerprint density at radius 1 is 1.35 bits per heavy atom. The van der Waals surface area contributed by atoms with E-state index in [4.69, 9.17) is 0 Å². The Morgan fingerprint density at radius 2 is 2.18 bits per heavy atom. The third kappa shape index (κ3) is 1.51. The Morgan fingerprint density at radius 3 is 2.94 bits per heavy atom. The van der Waals surface area contributed by atoms with Crippen LogP contribution in [0.4, 0.5) is 0 Å². The molecule has 2 aromatic rings. The summed E-state index contributed by atoms with van der Waals surface area (Å²) in [5, 5.41) is 10.7. The molecule has 0 saturated carbocycles. The lowest BCUT2D eigenvalue weighted by Gasteiger charge is -2.27. The number of hydrogen-bond acceptors (Lipinski definition) is 2. The van der Waals surface area contributed by atoms with Gasteiger partial charge in [0.25, 0.3) is 0 Å². The highest BCUT2D eigenvalue weighted by molar-refractivity contribution is 5.75. The van der Waals surface area contributed by atoms with Crippen LogP contribution in [0.3, 0.4) is 0 Å². The summed E-state index contributed by atoms with van der Waals surface area (Å²) in [6, 6.07) is 7.81. The first kappa shape index (κ1) is 10.3. The Balaban J connectivity index is 2.15. The number of imidazole rings is 1. The van der Waals surface area contributed by atoms with Crippen LogP contribution in [-0.4, -0.2) is 15.1 Å².